The van der Waals surface area contributed by atoms with Gasteiger partial charge in [-0.25, -0.2) is 4.79 Å². The number of piperidine rings is 1. The quantitative estimate of drug-likeness (QED) is 0.908. The third-order valence-corrected chi connectivity index (χ3v) is 4.17. The van der Waals surface area contributed by atoms with E-state index in [2.05, 4.69) is 18.3 Å². The third kappa shape index (κ3) is 4.37. The molecule has 1 aliphatic rings. The zero-order valence-corrected chi connectivity index (χ0v) is 13.7. The van der Waals surface area contributed by atoms with Crippen LogP contribution in [0.5, 0.6) is 5.75 Å². The van der Waals surface area contributed by atoms with Gasteiger partial charge in [0.2, 0.25) is 0 Å². The average Bonchev–Trinajstić information content (AvgIpc) is 2.55. The minimum absolute atomic E-state index is 0.222. The number of likely N-dealkylation sites (tertiary alicyclic amines) is 1. The summed E-state index contributed by atoms with van der Waals surface area (Å²) in [5, 5.41) is 3.66. The molecule has 1 saturated heterocycles. The second-order valence-electron chi connectivity index (χ2n) is 5.82. The molecule has 1 fully saturated rings. The lowest BCUT2D eigenvalue weighted by atomic mass is 10.0. The van der Waals surface area contributed by atoms with Gasteiger partial charge in [0.05, 0.1) is 14.2 Å². The van der Waals surface area contributed by atoms with Crippen molar-refractivity contribution in [2.45, 2.75) is 38.3 Å². The molecule has 22 heavy (non-hydrogen) atoms. The van der Waals surface area contributed by atoms with E-state index in [1.807, 2.05) is 18.2 Å². The lowest BCUT2D eigenvalue weighted by molar-refractivity contribution is 0.109. The largest absolute Gasteiger partial charge is 0.496 e. The first-order chi connectivity index (χ1) is 10.6. The van der Waals surface area contributed by atoms with E-state index in [1.165, 1.54) is 12.7 Å². The minimum Gasteiger partial charge on any atom is -0.496 e. The number of carbonyl (C=O) groups is 1. The summed E-state index contributed by atoms with van der Waals surface area (Å²) in [6, 6.07) is 8.95. The highest BCUT2D eigenvalue weighted by molar-refractivity contribution is 5.67. The van der Waals surface area contributed by atoms with E-state index in [-0.39, 0.29) is 6.09 Å². The lowest BCUT2D eigenvalue weighted by Crippen LogP contribution is -2.47. The summed E-state index contributed by atoms with van der Waals surface area (Å²) >= 11 is 0. The predicted molar refractivity (Wildman–Crippen MR) is 86.3 cm³/mol. The number of carbonyl (C=O) groups excluding carboxylic acids is 1. The molecule has 5 heteroatoms. The standard InChI is InChI=1S/C17H26N2O3/c1-13(12-14-6-4-5-7-16(14)21-2)18-15-8-10-19(11-9-15)17(20)22-3/h4-7,13,15,18H,8-12H2,1-3H3/t13-/m0/s1. The number of para-hydroxylation sites is 1. The molecule has 0 spiro atoms. The summed E-state index contributed by atoms with van der Waals surface area (Å²) in [7, 11) is 3.14. The van der Waals surface area contributed by atoms with E-state index in [4.69, 9.17) is 9.47 Å². The van der Waals surface area contributed by atoms with Crippen molar-refractivity contribution in [2.24, 2.45) is 0 Å². The first-order valence-corrected chi connectivity index (χ1v) is 7.85. The summed E-state index contributed by atoms with van der Waals surface area (Å²) in [4.78, 5) is 13.2. The van der Waals surface area contributed by atoms with Crippen molar-refractivity contribution in [3.8, 4) is 5.75 Å². The van der Waals surface area contributed by atoms with Gasteiger partial charge in [-0.3, -0.25) is 0 Å². The van der Waals surface area contributed by atoms with E-state index in [1.54, 1.807) is 12.0 Å². The molecule has 1 aromatic carbocycles. The van der Waals surface area contributed by atoms with Crippen molar-refractivity contribution in [1.29, 1.82) is 0 Å². The molecule has 122 valence electrons. The summed E-state index contributed by atoms with van der Waals surface area (Å²) in [6.07, 6.45) is 2.64. The fourth-order valence-corrected chi connectivity index (χ4v) is 3.02. The molecule has 0 bridgehead atoms. The monoisotopic (exact) mass is 306 g/mol. The maximum absolute atomic E-state index is 11.5. The fourth-order valence-electron chi connectivity index (χ4n) is 3.02. The van der Waals surface area contributed by atoms with Crippen LogP contribution in [0, 0.1) is 0 Å². The van der Waals surface area contributed by atoms with Crippen LogP contribution in [0.2, 0.25) is 0 Å². The normalized spacial score (nSPS) is 17.1. The zero-order chi connectivity index (χ0) is 15.9. The van der Waals surface area contributed by atoms with E-state index >= 15 is 0 Å². The third-order valence-electron chi connectivity index (χ3n) is 4.17. The Labute approximate surface area is 132 Å². The molecule has 1 heterocycles. The smallest absolute Gasteiger partial charge is 0.409 e. The molecule has 1 amide bonds. The van der Waals surface area contributed by atoms with Gasteiger partial charge in [0.25, 0.3) is 0 Å². The molecule has 1 atom stereocenters. The van der Waals surface area contributed by atoms with Crippen LogP contribution >= 0.6 is 0 Å². The summed E-state index contributed by atoms with van der Waals surface area (Å²) in [5.41, 5.74) is 1.22. The SMILES string of the molecule is COC(=O)N1CCC(N[C@@H](C)Cc2ccccc2OC)CC1. The van der Waals surface area contributed by atoms with E-state index < -0.39 is 0 Å². The van der Waals surface area contributed by atoms with Crippen LogP contribution < -0.4 is 10.1 Å². The molecule has 1 aliphatic heterocycles. The van der Waals surface area contributed by atoms with Crippen LogP contribution in [0.4, 0.5) is 4.79 Å². The molecule has 0 saturated carbocycles. The molecule has 1 aromatic rings. The maximum atomic E-state index is 11.5. The Hall–Kier alpha value is -1.75. The Morgan fingerprint density at radius 1 is 1.32 bits per heavy atom. The Morgan fingerprint density at radius 2 is 2.00 bits per heavy atom. The van der Waals surface area contributed by atoms with Crippen molar-refractivity contribution in [3.63, 3.8) is 0 Å². The number of ether oxygens (including phenoxy) is 2. The van der Waals surface area contributed by atoms with Crippen LogP contribution in [0.15, 0.2) is 24.3 Å². The van der Waals surface area contributed by atoms with Crippen molar-refractivity contribution >= 4 is 6.09 Å². The first-order valence-electron chi connectivity index (χ1n) is 7.85. The molecule has 0 radical (unpaired) electrons. The number of hydrogen-bond acceptors (Lipinski definition) is 4. The Morgan fingerprint density at radius 3 is 2.64 bits per heavy atom. The fraction of sp³-hybridized carbons (Fsp3) is 0.588. The highest BCUT2D eigenvalue weighted by Crippen LogP contribution is 2.20. The van der Waals surface area contributed by atoms with Gasteiger partial charge in [-0.2, -0.15) is 0 Å². The number of nitrogens with zero attached hydrogens (tertiary/aromatic N) is 1. The van der Waals surface area contributed by atoms with Gasteiger partial charge < -0.3 is 19.7 Å². The maximum Gasteiger partial charge on any atom is 0.409 e. The highest BCUT2D eigenvalue weighted by atomic mass is 16.5. The summed E-state index contributed by atoms with van der Waals surface area (Å²) in [6.45, 7) is 3.70. The number of methoxy groups -OCH3 is 2. The van der Waals surface area contributed by atoms with Gasteiger partial charge in [-0.05, 0) is 37.8 Å². The molecule has 1 N–H and O–H groups in total. The Bertz CT molecular complexity index is 485. The van der Waals surface area contributed by atoms with E-state index in [0.29, 0.717) is 12.1 Å². The zero-order valence-electron chi connectivity index (χ0n) is 13.7. The molecular weight excluding hydrogens is 280 g/mol. The predicted octanol–water partition coefficient (Wildman–Crippen LogP) is 2.45. The van der Waals surface area contributed by atoms with Crippen LogP contribution in [-0.4, -0.2) is 50.4 Å². The summed E-state index contributed by atoms with van der Waals surface area (Å²) in [5.74, 6) is 0.941. The molecule has 0 unspecified atom stereocenters. The van der Waals surface area contributed by atoms with Gasteiger partial charge in [0, 0.05) is 25.2 Å². The van der Waals surface area contributed by atoms with Crippen LogP contribution in [0.3, 0.4) is 0 Å². The number of benzene rings is 1. The van der Waals surface area contributed by atoms with Gasteiger partial charge in [-0.15, -0.1) is 0 Å². The van der Waals surface area contributed by atoms with Crippen molar-refractivity contribution in [2.75, 3.05) is 27.3 Å². The van der Waals surface area contributed by atoms with Crippen molar-refractivity contribution in [3.05, 3.63) is 29.8 Å². The highest BCUT2D eigenvalue weighted by Gasteiger charge is 2.24. The number of hydrogen-bond donors (Lipinski definition) is 1. The minimum atomic E-state index is -0.222. The number of nitrogens with one attached hydrogen (secondary N) is 1. The topological polar surface area (TPSA) is 50.8 Å². The van der Waals surface area contributed by atoms with Crippen molar-refractivity contribution < 1.29 is 14.3 Å². The Kier molecular flexibility index (Phi) is 6.07. The molecule has 0 aromatic heterocycles. The second kappa shape index (κ2) is 8.03. The van der Waals surface area contributed by atoms with Gasteiger partial charge in [0.15, 0.2) is 0 Å². The average molecular weight is 306 g/mol. The van der Waals surface area contributed by atoms with E-state index in [0.717, 1.165) is 38.1 Å². The molecule has 5 nitrogen and oxygen atoms in total. The molecule has 0 aliphatic carbocycles. The molecular formula is C17H26N2O3. The Balaban J connectivity index is 1.81. The van der Waals surface area contributed by atoms with Crippen molar-refractivity contribution in [1.82, 2.24) is 10.2 Å². The number of amides is 1. The van der Waals surface area contributed by atoms with Crippen LogP contribution in [-0.2, 0) is 11.2 Å². The van der Waals surface area contributed by atoms with Crippen LogP contribution in [0.25, 0.3) is 0 Å². The van der Waals surface area contributed by atoms with Gasteiger partial charge in [0.1, 0.15) is 5.75 Å². The number of rotatable bonds is 5. The second-order valence-corrected chi connectivity index (χ2v) is 5.82. The molecule has 2 rings (SSSR count). The summed E-state index contributed by atoms with van der Waals surface area (Å²) < 4.78 is 10.2. The van der Waals surface area contributed by atoms with Gasteiger partial charge in [-0.1, -0.05) is 18.2 Å². The van der Waals surface area contributed by atoms with Gasteiger partial charge >= 0.3 is 6.09 Å². The van der Waals surface area contributed by atoms with E-state index in [9.17, 15) is 4.79 Å². The first kappa shape index (κ1) is 16.6. The van der Waals surface area contributed by atoms with Crippen LogP contribution in [0.1, 0.15) is 25.3 Å². The lowest BCUT2D eigenvalue weighted by Gasteiger charge is -2.33.